The molecule has 2 aliphatic rings. The minimum Gasteiger partial charge on any atom is -0.489 e. The van der Waals surface area contributed by atoms with Crippen LogP contribution in [0.4, 0.5) is 4.79 Å². The number of rotatable bonds is 9. The second-order valence-electron chi connectivity index (χ2n) is 8.78. The lowest BCUT2D eigenvalue weighted by atomic mass is 10.1. The van der Waals surface area contributed by atoms with Crippen molar-refractivity contribution >= 4 is 52.9 Å². The lowest BCUT2D eigenvalue weighted by Crippen LogP contribution is -2.53. The molecule has 38 heavy (non-hydrogen) atoms. The van der Waals surface area contributed by atoms with Gasteiger partial charge in [-0.15, -0.1) is 11.8 Å². The van der Waals surface area contributed by atoms with Crippen LogP contribution in [0.3, 0.4) is 0 Å². The largest absolute Gasteiger partial charge is 0.489 e. The number of carbonyl (C=O) groups excluding carboxylic acids is 3. The van der Waals surface area contributed by atoms with Crippen molar-refractivity contribution in [3.05, 3.63) is 63.6 Å². The predicted molar refractivity (Wildman–Crippen MR) is 144 cm³/mol. The number of halogens is 2. The minimum atomic E-state index is -0.937. The maximum Gasteiger partial charge on any atom is 0.411 e. The topological polar surface area (TPSA) is 103 Å². The van der Waals surface area contributed by atoms with E-state index in [2.05, 4.69) is 5.32 Å². The van der Waals surface area contributed by atoms with Crippen molar-refractivity contribution in [1.82, 2.24) is 10.2 Å². The van der Waals surface area contributed by atoms with Crippen LogP contribution in [0.5, 0.6) is 5.75 Å². The van der Waals surface area contributed by atoms with Crippen LogP contribution in [-0.4, -0.2) is 73.0 Å². The number of methoxy groups -OCH3 is 1. The summed E-state index contributed by atoms with van der Waals surface area (Å²) in [5.74, 6) is 0.288. The first-order valence-corrected chi connectivity index (χ1v) is 13.9. The van der Waals surface area contributed by atoms with E-state index in [4.69, 9.17) is 42.1 Å². The first-order valence-electron chi connectivity index (χ1n) is 12.0. The molecule has 204 valence electrons. The highest BCUT2D eigenvalue weighted by atomic mass is 35.5. The van der Waals surface area contributed by atoms with Gasteiger partial charge in [-0.3, -0.25) is 9.69 Å². The lowest BCUT2D eigenvalue weighted by Gasteiger charge is -2.25. The zero-order chi connectivity index (χ0) is 27.1. The number of hydrogen-bond donors (Lipinski definition) is 1. The Hall–Kier alpha value is -2.66. The fraction of sp³-hybridized carbons (Fsp3) is 0.423. The van der Waals surface area contributed by atoms with Gasteiger partial charge in [-0.25, -0.2) is 9.59 Å². The third kappa shape index (κ3) is 7.25. The van der Waals surface area contributed by atoms with Gasteiger partial charge in [0.2, 0.25) is 5.91 Å². The molecular weight excluding hydrogens is 555 g/mol. The third-order valence-electron chi connectivity index (χ3n) is 6.19. The second kappa shape index (κ2) is 13.4. The lowest BCUT2D eigenvalue weighted by molar-refractivity contribution is -0.145. The Labute approximate surface area is 235 Å². The molecule has 0 saturated carbocycles. The molecule has 0 aromatic heterocycles. The molecular formula is C26H28Cl2N2O7S. The molecule has 2 aliphatic heterocycles. The summed E-state index contributed by atoms with van der Waals surface area (Å²) in [6, 6.07) is 10.7. The minimum absolute atomic E-state index is 0.193. The fourth-order valence-electron chi connectivity index (χ4n) is 4.04. The Balaban J connectivity index is 1.35. The summed E-state index contributed by atoms with van der Waals surface area (Å²) in [6.45, 7) is 1.09. The number of benzene rings is 2. The Morgan fingerprint density at radius 2 is 1.89 bits per heavy atom. The van der Waals surface area contributed by atoms with E-state index in [1.54, 1.807) is 42.5 Å². The van der Waals surface area contributed by atoms with Gasteiger partial charge in [0, 0.05) is 34.2 Å². The molecule has 2 aromatic rings. The number of esters is 1. The molecule has 2 fully saturated rings. The zero-order valence-corrected chi connectivity index (χ0v) is 23.0. The van der Waals surface area contributed by atoms with E-state index in [0.29, 0.717) is 52.6 Å². The summed E-state index contributed by atoms with van der Waals surface area (Å²) in [5, 5.41) is 3.79. The summed E-state index contributed by atoms with van der Waals surface area (Å²) in [6.07, 6.45) is -0.0492. The van der Waals surface area contributed by atoms with E-state index < -0.39 is 30.1 Å². The smallest absolute Gasteiger partial charge is 0.411 e. The van der Waals surface area contributed by atoms with Crippen molar-refractivity contribution in [2.45, 2.75) is 37.6 Å². The normalized spacial score (nSPS) is 19.6. The van der Waals surface area contributed by atoms with Gasteiger partial charge in [0.15, 0.2) is 0 Å². The first-order chi connectivity index (χ1) is 18.4. The van der Waals surface area contributed by atoms with Crippen molar-refractivity contribution in [2.24, 2.45) is 0 Å². The van der Waals surface area contributed by atoms with Gasteiger partial charge in [0.05, 0.1) is 26.2 Å². The summed E-state index contributed by atoms with van der Waals surface area (Å²) in [5.41, 5.74) is 1.47. The van der Waals surface area contributed by atoms with Gasteiger partial charge in [-0.05, 0) is 29.8 Å². The average Bonchev–Trinajstić information content (AvgIpc) is 3.61. The number of thioether (sulfide) groups is 1. The average molecular weight is 583 g/mol. The van der Waals surface area contributed by atoms with Crippen LogP contribution in [-0.2, 0) is 36.8 Å². The molecule has 3 atom stereocenters. The highest BCUT2D eigenvalue weighted by molar-refractivity contribution is 7.99. The first kappa shape index (κ1) is 28.4. The van der Waals surface area contributed by atoms with E-state index in [0.717, 1.165) is 5.56 Å². The van der Waals surface area contributed by atoms with Gasteiger partial charge in [0.25, 0.3) is 0 Å². The quantitative estimate of drug-likeness (QED) is 0.441. The summed E-state index contributed by atoms with van der Waals surface area (Å²) < 4.78 is 21.4. The van der Waals surface area contributed by atoms with Crippen molar-refractivity contribution in [3.8, 4) is 5.75 Å². The monoisotopic (exact) mass is 582 g/mol. The van der Waals surface area contributed by atoms with Gasteiger partial charge in [0.1, 0.15) is 30.5 Å². The molecule has 4 rings (SSSR count). The van der Waals surface area contributed by atoms with E-state index in [-0.39, 0.29) is 19.1 Å². The molecule has 2 heterocycles. The number of hydrogen-bond acceptors (Lipinski definition) is 8. The van der Waals surface area contributed by atoms with Crippen LogP contribution in [0, 0.1) is 0 Å². The molecule has 0 bridgehead atoms. The summed E-state index contributed by atoms with van der Waals surface area (Å²) in [7, 11) is 1.26. The highest BCUT2D eigenvalue weighted by Crippen LogP contribution is 2.26. The van der Waals surface area contributed by atoms with E-state index >= 15 is 0 Å². The van der Waals surface area contributed by atoms with Gasteiger partial charge >= 0.3 is 12.1 Å². The SMILES string of the molecule is COC(=O)[C@H](Cc1ccc(OCc2c(Cl)cccc2Cl)cc1)NC(=O)[C@H]1CSCN1C(=O)OC1CCOC1. The Morgan fingerprint density at radius 3 is 2.55 bits per heavy atom. The molecule has 2 amide bonds. The number of ether oxygens (including phenoxy) is 4. The van der Waals surface area contributed by atoms with Gasteiger partial charge in [-0.1, -0.05) is 41.4 Å². The maximum absolute atomic E-state index is 13.1. The van der Waals surface area contributed by atoms with Crippen molar-refractivity contribution in [3.63, 3.8) is 0 Å². The Kier molecular flexibility index (Phi) is 10.0. The zero-order valence-electron chi connectivity index (χ0n) is 20.7. The van der Waals surface area contributed by atoms with Crippen LogP contribution in [0.1, 0.15) is 17.5 Å². The molecule has 0 radical (unpaired) electrons. The van der Waals surface area contributed by atoms with Crippen LogP contribution in [0.15, 0.2) is 42.5 Å². The molecule has 2 aromatic carbocycles. The molecule has 12 heteroatoms. The molecule has 0 aliphatic carbocycles. The Bertz CT molecular complexity index is 1120. The Morgan fingerprint density at radius 1 is 1.16 bits per heavy atom. The van der Waals surface area contributed by atoms with E-state index in [1.807, 2.05) is 0 Å². The van der Waals surface area contributed by atoms with Crippen molar-refractivity contribution in [2.75, 3.05) is 32.0 Å². The number of nitrogens with zero attached hydrogens (tertiary/aromatic N) is 1. The van der Waals surface area contributed by atoms with Gasteiger partial charge in [-0.2, -0.15) is 0 Å². The fourth-order valence-corrected chi connectivity index (χ4v) is 5.69. The van der Waals surface area contributed by atoms with Crippen molar-refractivity contribution < 1.29 is 33.3 Å². The summed E-state index contributed by atoms with van der Waals surface area (Å²) >= 11 is 13.8. The molecule has 1 N–H and O–H groups in total. The predicted octanol–water partition coefficient (Wildman–Crippen LogP) is 4.07. The maximum atomic E-state index is 13.1. The third-order valence-corrected chi connectivity index (χ3v) is 7.91. The van der Waals surface area contributed by atoms with Gasteiger partial charge < -0.3 is 24.3 Å². The van der Waals surface area contributed by atoms with Crippen LogP contribution in [0.2, 0.25) is 10.0 Å². The number of carbonyl (C=O) groups is 3. The second-order valence-corrected chi connectivity index (χ2v) is 10.6. The molecule has 0 spiro atoms. The van der Waals surface area contributed by atoms with Crippen LogP contribution >= 0.6 is 35.0 Å². The number of nitrogens with one attached hydrogen (secondary N) is 1. The van der Waals surface area contributed by atoms with Crippen molar-refractivity contribution in [1.29, 1.82) is 0 Å². The molecule has 1 unspecified atom stereocenters. The van der Waals surface area contributed by atoms with E-state index in [9.17, 15) is 14.4 Å². The summed E-state index contributed by atoms with van der Waals surface area (Å²) in [4.78, 5) is 39.6. The molecule has 2 saturated heterocycles. The van der Waals surface area contributed by atoms with Crippen LogP contribution < -0.4 is 10.1 Å². The standard InChI is InChI=1S/C26H28Cl2N2O7S/c1-34-25(32)22(29-24(31)23-14-38-15-30(23)26(33)37-18-9-10-35-12-18)11-16-5-7-17(8-6-16)36-13-19-20(27)3-2-4-21(19)28/h2-8,18,22-23H,9-15H2,1H3,(H,29,31)/t18?,22-,23+/m0/s1. The van der Waals surface area contributed by atoms with Crippen LogP contribution in [0.25, 0.3) is 0 Å². The van der Waals surface area contributed by atoms with E-state index in [1.165, 1.54) is 23.8 Å². The highest BCUT2D eigenvalue weighted by Gasteiger charge is 2.38. The molecule has 9 nitrogen and oxygen atoms in total. The number of amides is 2.